The van der Waals surface area contributed by atoms with Crippen molar-refractivity contribution in [3.05, 3.63) is 59.7 Å². The average Bonchev–Trinajstić information content (AvgIpc) is 2.57. The summed E-state index contributed by atoms with van der Waals surface area (Å²) >= 11 is 0. The van der Waals surface area contributed by atoms with Crippen molar-refractivity contribution in [2.45, 2.75) is 18.8 Å². The molecule has 0 saturated carbocycles. The lowest BCUT2D eigenvalue weighted by molar-refractivity contribution is 0.385. The van der Waals surface area contributed by atoms with Gasteiger partial charge < -0.3 is 19.6 Å². The second-order valence-electron chi connectivity index (χ2n) is 5.99. The van der Waals surface area contributed by atoms with E-state index >= 15 is 0 Å². The van der Waals surface area contributed by atoms with Crippen LogP contribution >= 0.6 is 15.2 Å². The lowest BCUT2D eigenvalue weighted by Gasteiger charge is -2.18. The number of nitrogens with two attached hydrogens (primary N) is 1. The Labute approximate surface area is 151 Å². The predicted molar refractivity (Wildman–Crippen MR) is 99.5 cm³/mol. The molecule has 0 saturated heterocycles. The van der Waals surface area contributed by atoms with Crippen molar-refractivity contribution in [2.75, 3.05) is 6.54 Å². The van der Waals surface area contributed by atoms with Gasteiger partial charge in [-0.15, -0.1) is 0 Å². The maximum absolute atomic E-state index is 11.3. The Hall–Kier alpha value is -1.34. The van der Waals surface area contributed by atoms with Gasteiger partial charge in [-0.1, -0.05) is 24.3 Å². The van der Waals surface area contributed by atoms with E-state index in [1.165, 1.54) is 24.3 Å². The highest BCUT2D eigenvalue weighted by molar-refractivity contribution is 7.60. The molecule has 0 bridgehead atoms. The van der Waals surface area contributed by atoms with Gasteiger partial charge >= 0.3 is 15.2 Å². The smallest absolute Gasteiger partial charge is 0.321 e. The summed E-state index contributed by atoms with van der Waals surface area (Å²) in [5.41, 5.74) is 4.44. The van der Waals surface area contributed by atoms with Crippen LogP contribution in [0.5, 0.6) is 0 Å². The Morgan fingerprint density at radius 3 is 1.73 bits per heavy atom. The molecule has 0 fully saturated rings. The molecule has 2 rings (SSSR count). The minimum absolute atomic E-state index is 0.0190. The molecule has 10 heteroatoms. The van der Waals surface area contributed by atoms with E-state index in [1.54, 1.807) is 24.3 Å². The summed E-state index contributed by atoms with van der Waals surface area (Å²) in [4.78, 5) is 36.6. The van der Waals surface area contributed by atoms with Gasteiger partial charge in [-0.3, -0.25) is 20.4 Å². The third-order valence-corrected chi connectivity index (χ3v) is 6.06. The molecular weight excluding hydrogens is 378 g/mol. The van der Waals surface area contributed by atoms with Crippen LogP contribution in [0.4, 0.5) is 0 Å². The molecule has 0 heterocycles. The van der Waals surface area contributed by atoms with E-state index in [4.69, 9.17) is 15.6 Å². The summed E-state index contributed by atoms with van der Waals surface area (Å²) in [7, 11) is -8.51. The quantitative estimate of drug-likeness (QED) is 0.212. The number of aryl methyl sites for hydroxylation is 1. The standard InChI is InChI=1S/C16H22N2O6P2/c17-18-11-14(13-5-9-16(10-6-13)26(22,23)24)4-1-12-2-7-15(8-3-12)25(19,20)21/h2-3,5-10,14,18H,1,4,11,17H2,(H2,19,20,21)(H2,22,23,24). The van der Waals surface area contributed by atoms with Crippen molar-refractivity contribution in [3.8, 4) is 0 Å². The highest BCUT2D eigenvalue weighted by atomic mass is 31.2. The molecule has 2 aromatic carbocycles. The summed E-state index contributed by atoms with van der Waals surface area (Å²) < 4.78 is 22.5. The number of benzene rings is 2. The largest absolute Gasteiger partial charge is 0.356 e. The number of rotatable bonds is 8. The molecule has 0 amide bonds. The SMILES string of the molecule is NNCC(CCc1ccc(P(=O)(O)O)cc1)c1ccc(P(=O)(O)O)cc1. The van der Waals surface area contributed by atoms with Gasteiger partial charge in [0.05, 0.1) is 10.6 Å². The van der Waals surface area contributed by atoms with Crippen LogP contribution in [0.2, 0.25) is 0 Å². The van der Waals surface area contributed by atoms with Crippen LogP contribution in [0, 0.1) is 0 Å². The lowest BCUT2D eigenvalue weighted by atomic mass is 9.92. The molecule has 1 atom stereocenters. The summed E-state index contributed by atoms with van der Waals surface area (Å²) in [5.74, 6) is 5.46. The van der Waals surface area contributed by atoms with E-state index in [0.717, 1.165) is 11.1 Å². The Kier molecular flexibility index (Phi) is 6.91. The fraction of sp³-hybridized carbons (Fsp3) is 0.250. The van der Waals surface area contributed by atoms with E-state index in [0.29, 0.717) is 19.4 Å². The fourth-order valence-electron chi connectivity index (χ4n) is 2.67. The maximum atomic E-state index is 11.3. The normalized spacial score (nSPS) is 13.6. The second kappa shape index (κ2) is 8.57. The summed E-state index contributed by atoms with van der Waals surface area (Å²) in [6.07, 6.45) is 1.36. The van der Waals surface area contributed by atoms with Gasteiger partial charge in [0, 0.05) is 6.54 Å². The van der Waals surface area contributed by atoms with Crippen LogP contribution < -0.4 is 21.9 Å². The van der Waals surface area contributed by atoms with Crippen LogP contribution in [0.15, 0.2) is 48.5 Å². The second-order valence-corrected chi connectivity index (χ2v) is 9.20. The maximum Gasteiger partial charge on any atom is 0.356 e. The topological polar surface area (TPSA) is 153 Å². The number of hydrogen-bond donors (Lipinski definition) is 6. The Bertz CT molecular complexity index is 814. The zero-order valence-corrected chi connectivity index (χ0v) is 15.7. The molecule has 0 aromatic heterocycles. The molecule has 8 nitrogen and oxygen atoms in total. The molecule has 0 aliphatic rings. The third kappa shape index (κ3) is 5.84. The molecule has 26 heavy (non-hydrogen) atoms. The van der Waals surface area contributed by atoms with Crippen molar-refractivity contribution >= 4 is 25.8 Å². The van der Waals surface area contributed by atoms with E-state index in [1.807, 2.05) is 0 Å². The number of hydrazine groups is 1. The zero-order valence-electron chi connectivity index (χ0n) is 13.9. The van der Waals surface area contributed by atoms with Gasteiger partial charge in [-0.2, -0.15) is 0 Å². The molecule has 1 unspecified atom stereocenters. The van der Waals surface area contributed by atoms with Gasteiger partial charge in [0.1, 0.15) is 0 Å². The number of nitrogens with one attached hydrogen (secondary N) is 1. The van der Waals surface area contributed by atoms with Crippen molar-refractivity contribution in [1.82, 2.24) is 5.43 Å². The van der Waals surface area contributed by atoms with E-state index in [9.17, 15) is 18.9 Å². The van der Waals surface area contributed by atoms with Gasteiger partial charge in [-0.25, -0.2) is 0 Å². The van der Waals surface area contributed by atoms with Crippen molar-refractivity contribution < 1.29 is 28.7 Å². The highest BCUT2D eigenvalue weighted by Crippen LogP contribution is 2.34. The minimum atomic E-state index is -4.27. The van der Waals surface area contributed by atoms with Crippen LogP contribution in [0.25, 0.3) is 0 Å². The fourth-order valence-corrected chi connectivity index (χ4v) is 3.74. The molecule has 0 spiro atoms. The van der Waals surface area contributed by atoms with E-state index < -0.39 is 15.2 Å². The minimum Gasteiger partial charge on any atom is -0.321 e. The van der Waals surface area contributed by atoms with Crippen LogP contribution in [-0.4, -0.2) is 26.1 Å². The van der Waals surface area contributed by atoms with Crippen LogP contribution in [0.3, 0.4) is 0 Å². The molecule has 0 radical (unpaired) electrons. The van der Waals surface area contributed by atoms with Crippen molar-refractivity contribution in [3.63, 3.8) is 0 Å². The summed E-state index contributed by atoms with van der Waals surface area (Å²) in [6, 6.07) is 12.4. The number of hydrogen-bond acceptors (Lipinski definition) is 4. The first-order chi connectivity index (χ1) is 12.1. The van der Waals surface area contributed by atoms with Crippen LogP contribution in [-0.2, 0) is 15.6 Å². The zero-order chi connectivity index (χ0) is 19.4. The molecular formula is C16H22N2O6P2. The molecule has 0 aliphatic carbocycles. The van der Waals surface area contributed by atoms with Gasteiger partial charge in [-0.05, 0) is 54.2 Å². The first kappa shape index (κ1) is 21.0. The van der Waals surface area contributed by atoms with Crippen molar-refractivity contribution in [1.29, 1.82) is 0 Å². The summed E-state index contributed by atoms with van der Waals surface area (Å²) in [6.45, 7) is 0.482. The Balaban J connectivity index is 2.08. The van der Waals surface area contributed by atoms with Crippen molar-refractivity contribution in [2.24, 2.45) is 5.84 Å². The third-order valence-electron chi connectivity index (χ3n) is 4.12. The Morgan fingerprint density at radius 1 is 0.846 bits per heavy atom. The van der Waals surface area contributed by atoms with Crippen LogP contribution in [0.1, 0.15) is 23.5 Å². The first-order valence-corrected chi connectivity index (χ1v) is 11.1. The Morgan fingerprint density at radius 2 is 1.31 bits per heavy atom. The van der Waals surface area contributed by atoms with Gasteiger partial charge in [0.25, 0.3) is 0 Å². The molecule has 7 N–H and O–H groups in total. The average molecular weight is 400 g/mol. The summed E-state index contributed by atoms with van der Waals surface area (Å²) in [5, 5.41) is -0.0526. The molecule has 2 aromatic rings. The van der Waals surface area contributed by atoms with Gasteiger partial charge in [0.15, 0.2) is 0 Å². The highest BCUT2D eigenvalue weighted by Gasteiger charge is 2.19. The molecule has 0 aliphatic heterocycles. The molecule has 142 valence electrons. The predicted octanol–water partition coefficient (Wildman–Crippen LogP) is 0.472. The lowest BCUT2D eigenvalue weighted by Crippen LogP contribution is -2.28. The van der Waals surface area contributed by atoms with Gasteiger partial charge in [0.2, 0.25) is 0 Å². The monoisotopic (exact) mass is 400 g/mol. The van der Waals surface area contributed by atoms with E-state index in [-0.39, 0.29) is 16.5 Å². The first-order valence-electron chi connectivity index (χ1n) is 7.86. The van der Waals surface area contributed by atoms with E-state index in [2.05, 4.69) is 5.43 Å².